The van der Waals surface area contributed by atoms with E-state index in [1.807, 2.05) is 0 Å². The second-order valence-corrected chi connectivity index (χ2v) is 7.29. The van der Waals surface area contributed by atoms with E-state index in [1.54, 1.807) is 31.2 Å². The molecule has 1 aliphatic heterocycles. The van der Waals surface area contributed by atoms with Crippen LogP contribution in [0.4, 0.5) is 5.82 Å². The van der Waals surface area contributed by atoms with Crippen LogP contribution in [0.1, 0.15) is 47.9 Å². The minimum Gasteiger partial charge on any atom is -0.508 e. The summed E-state index contributed by atoms with van der Waals surface area (Å²) in [5.41, 5.74) is 10.1. The molecule has 1 aromatic carbocycles. The van der Waals surface area contributed by atoms with Crippen molar-refractivity contribution in [3.05, 3.63) is 41.2 Å². The first-order valence-corrected chi connectivity index (χ1v) is 9.92. The Kier molecular flexibility index (Phi) is 7.38. The van der Waals surface area contributed by atoms with E-state index >= 15 is 0 Å². The maximum absolute atomic E-state index is 13.1. The predicted molar refractivity (Wildman–Crippen MR) is 118 cm³/mol. The number of aromatic hydroxyl groups is 1. The number of nitrogens with one attached hydrogen (secondary N) is 1. The van der Waals surface area contributed by atoms with Gasteiger partial charge in [0.2, 0.25) is 11.6 Å². The maximum Gasteiger partial charge on any atom is 0.292 e. The van der Waals surface area contributed by atoms with Crippen molar-refractivity contribution >= 4 is 29.8 Å². The summed E-state index contributed by atoms with van der Waals surface area (Å²) in [6, 6.07) is 6.59. The van der Waals surface area contributed by atoms with Crippen molar-refractivity contribution in [1.29, 1.82) is 0 Å². The lowest BCUT2D eigenvalue weighted by molar-refractivity contribution is 0.0944. The van der Waals surface area contributed by atoms with Gasteiger partial charge >= 0.3 is 0 Å². The number of piperidine rings is 1. The van der Waals surface area contributed by atoms with Crippen molar-refractivity contribution in [3.8, 4) is 11.6 Å². The van der Waals surface area contributed by atoms with Gasteiger partial charge in [-0.05, 0) is 55.3 Å². The number of rotatable bonds is 6. The number of phenols is 1. The van der Waals surface area contributed by atoms with Gasteiger partial charge in [0.15, 0.2) is 5.69 Å². The average molecular weight is 462 g/mol. The van der Waals surface area contributed by atoms with Crippen LogP contribution in [0.5, 0.6) is 5.75 Å². The Hall–Kier alpha value is -3.51. The fourth-order valence-corrected chi connectivity index (χ4v) is 3.45. The Morgan fingerprint density at radius 1 is 1.28 bits per heavy atom. The number of hydrogen-bond donors (Lipinski definition) is 3. The first-order chi connectivity index (χ1) is 15.0. The fraction of sp³-hybridized carbons (Fsp3) is 0.368. The molecule has 0 radical (unpaired) electrons. The number of carbonyl (C=O) groups excluding carboxylic acids is 1. The van der Waals surface area contributed by atoms with Crippen molar-refractivity contribution < 1.29 is 14.5 Å². The molecular formula is C19H24ClN9O3. The monoisotopic (exact) mass is 461 g/mol. The van der Waals surface area contributed by atoms with Crippen molar-refractivity contribution in [2.24, 2.45) is 5.10 Å². The van der Waals surface area contributed by atoms with Gasteiger partial charge in [-0.2, -0.15) is 9.78 Å². The third-order valence-corrected chi connectivity index (χ3v) is 5.06. The van der Waals surface area contributed by atoms with E-state index in [0.717, 1.165) is 25.9 Å². The number of nitrogen functional groups attached to an aromatic ring is 1. The van der Waals surface area contributed by atoms with E-state index in [4.69, 9.17) is 5.73 Å². The topological polar surface area (TPSA) is 161 Å². The molecule has 170 valence electrons. The quantitative estimate of drug-likeness (QED) is 0.365. The van der Waals surface area contributed by atoms with E-state index in [1.165, 1.54) is 11.1 Å². The molecule has 1 amide bonds. The number of nitrogens with two attached hydrogens (primary N) is 1. The smallest absolute Gasteiger partial charge is 0.292 e. The summed E-state index contributed by atoms with van der Waals surface area (Å²) in [5.74, 6) is -0.350. The maximum atomic E-state index is 13.1. The van der Waals surface area contributed by atoms with Crippen LogP contribution in [0.3, 0.4) is 0 Å². The number of aromatic nitrogens is 5. The Labute approximate surface area is 189 Å². The van der Waals surface area contributed by atoms with Gasteiger partial charge in [0, 0.05) is 12.1 Å². The normalized spacial score (nSPS) is 14.7. The summed E-state index contributed by atoms with van der Waals surface area (Å²) in [5, 5.41) is 29.3. The van der Waals surface area contributed by atoms with Gasteiger partial charge in [0.25, 0.3) is 5.91 Å². The molecule has 13 heteroatoms. The third kappa shape index (κ3) is 5.03. The molecule has 0 unspecified atom stereocenters. The van der Waals surface area contributed by atoms with Crippen molar-refractivity contribution in [2.75, 3.05) is 18.8 Å². The van der Waals surface area contributed by atoms with Crippen LogP contribution in [0.15, 0.2) is 34.0 Å². The van der Waals surface area contributed by atoms with Crippen LogP contribution in [0, 0.1) is 0 Å². The highest BCUT2D eigenvalue weighted by Crippen LogP contribution is 2.19. The van der Waals surface area contributed by atoms with Gasteiger partial charge < -0.3 is 10.8 Å². The molecule has 2 aromatic heterocycles. The molecule has 4 N–H and O–H groups in total. The highest BCUT2D eigenvalue weighted by atomic mass is 35.5. The molecule has 1 saturated heterocycles. The van der Waals surface area contributed by atoms with E-state index in [-0.39, 0.29) is 35.5 Å². The summed E-state index contributed by atoms with van der Waals surface area (Å²) < 4.78 is 5.86. The standard InChI is InChI=1S/C19H23N9O3.ClH/c1-12(13-6-5-7-14(29)10-13)21-23-19(30)16-15(11-27-8-3-2-4-9-27)22-26-28(16)18-17(20)24-31-25-18;/h5-7,10,29H,2-4,8-9,11H2,1H3,(H2,20,24)(H,23,30);1H/b21-12+;. The number of halogens is 1. The lowest BCUT2D eigenvalue weighted by atomic mass is 10.1. The van der Waals surface area contributed by atoms with Gasteiger partial charge in [-0.3, -0.25) is 9.69 Å². The number of hydrazone groups is 1. The van der Waals surface area contributed by atoms with Crippen molar-refractivity contribution in [3.63, 3.8) is 0 Å². The van der Waals surface area contributed by atoms with Gasteiger partial charge in [0.05, 0.1) is 5.71 Å². The molecule has 3 heterocycles. The van der Waals surface area contributed by atoms with E-state index < -0.39 is 5.91 Å². The summed E-state index contributed by atoms with van der Waals surface area (Å²) in [7, 11) is 0. The first kappa shape index (κ1) is 23.2. The number of benzene rings is 1. The Bertz CT molecular complexity index is 1110. The van der Waals surface area contributed by atoms with Gasteiger partial charge in [0.1, 0.15) is 11.4 Å². The molecule has 0 spiro atoms. The average Bonchev–Trinajstić information content (AvgIpc) is 3.38. The third-order valence-electron chi connectivity index (χ3n) is 5.06. The molecule has 0 saturated carbocycles. The second kappa shape index (κ2) is 10.2. The van der Waals surface area contributed by atoms with Crippen molar-refractivity contribution in [1.82, 2.24) is 35.6 Å². The lowest BCUT2D eigenvalue weighted by Gasteiger charge is -2.25. The molecule has 3 aromatic rings. The van der Waals surface area contributed by atoms with Crippen LogP contribution in [0.2, 0.25) is 0 Å². The van der Waals surface area contributed by atoms with Crippen molar-refractivity contribution in [2.45, 2.75) is 32.7 Å². The predicted octanol–water partition coefficient (Wildman–Crippen LogP) is 1.50. The summed E-state index contributed by atoms with van der Waals surface area (Å²) in [6.45, 7) is 4.04. The van der Waals surface area contributed by atoms with Crippen LogP contribution in [-0.2, 0) is 6.54 Å². The first-order valence-electron chi connectivity index (χ1n) is 9.92. The molecule has 1 aliphatic rings. The number of amides is 1. The summed E-state index contributed by atoms with van der Waals surface area (Å²) in [4.78, 5) is 15.3. The number of carbonyl (C=O) groups is 1. The van der Waals surface area contributed by atoms with Crippen LogP contribution in [0.25, 0.3) is 5.82 Å². The number of likely N-dealkylation sites (tertiary alicyclic amines) is 1. The molecule has 4 rings (SSSR count). The number of nitrogens with zero attached hydrogens (tertiary/aromatic N) is 7. The highest BCUT2D eigenvalue weighted by Gasteiger charge is 2.26. The summed E-state index contributed by atoms with van der Waals surface area (Å²) >= 11 is 0. The minimum absolute atomic E-state index is 0. The number of anilines is 1. The van der Waals surface area contributed by atoms with E-state index in [0.29, 0.717) is 23.5 Å². The number of phenolic OH excluding ortho intramolecular Hbond substituents is 1. The van der Waals surface area contributed by atoms with Gasteiger partial charge in [-0.25, -0.2) is 10.1 Å². The van der Waals surface area contributed by atoms with E-state index in [2.05, 4.69) is 40.7 Å². The second-order valence-electron chi connectivity index (χ2n) is 7.29. The molecule has 1 fully saturated rings. The lowest BCUT2D eigenvalue weighted by Crippen LogP contribution is -2.31. The largest absolute Gasteiger partial charge is 0.508 e. The Balaban J connectivity index is 0.00000289. The van der Waals surface area contributed by atoms with E-state index in [9.17, 15) is 9.90 Å². The zero-order valence-corrected chi connectivity index (χ0v) is 18.2. The zero-order chi connectivity index (χ0) is 21.8. The molecule has 12 nitrogen and oxygen atoms in total. The van der Waals surface area contributed by atoms with Gasteiger partial charge in [-0.15, -0.1) is 17.5 Å². The van der Waals surface area contributed by atoms with Crippen LogP contribution >= 0.6 is 12.4 Å². The Morgan fingerprint density at radius 3 is 2.75 bits per heavy atom. The SMILES string of the molecule is C/C(=N\NC(=O)c1c(CN2CCCCC2)nnn1-c1nonc1N)c1cccc(O)c1.Cl. The highest BCUT2D eigenvalue weighted by molar-refractivity contribution is 6.01. The Morgan fingerprint density at radius 2 is 2.06 bits per heavy atom. The fourth-order valence-electron chi connectivity index (χ4n) is 3.45. The number of hydrogen-bond acceptors (Lipinski definition) is 10. The molecule has 0 bridgehead atoms. The molecule has 32 heavy (non-hydrogen) atoms. The zero-order valence-electron chi connectivity index (χ0n) is 17.4. The van der Waals surface area contributed by atoms with Crippen LogP contribution < -0.4 is 11.2 Å². The van der Waals surface area contributed by atoms with Gasteiger partial charge in [-0.1, -0.05) is 23.8 Å². The van der Waals surface area contributed by atoms with Crippen LogP contribution in [-0.4, -0.2) is 60.0 Å². The molecular weight excluding hydrogens is 438 g/mol. The summed E-state index contributed by atoms with van der Waals surface area (Å²) in [6.07, 6.45) is 3.40. The molecule has 0 atom stereocenters. The molecule has 0 aliphatic carbocycles. The minimum atomic E-state index is -0.529.